The second-order valence-electron chi connectivity index (χ2n) is 3.58. The normalized spacial score (nSPS) is 10.5. The number of hydrogen-bond acceptors (Lipinski definition) is 5. The van der Waals surface area contributed by atoms with Crippen molar-refractivity contribution >= 4 is 5.91 Å². The molecule has 0 spiro atoms. The first kappa shape index (κ1) is 11.4. The molecule has 0 unspecified atom stereocenters. The van der Waals surface area contributed by atoms with E-state index in [1.165, 1.54) is 0 Å². The Morgan fingerprint density at radius 3 is 2.94 bits per heavy atom. The zero-order valence-electron chi connectivity index (χ0n) is 9.40. The van der Waals surface area contributed by atoms with Crippen LogP contribution in [-0.2, 0) is 13.1 Å². The van der Waals surface area contributed by atoms with Crippen LogP contribution in [0.1, 0.15) is 27.8 Å². The van der Waals surface area contributed by atoms with Gasteiger partial charge in [0.25, 0.3) is 5.91 Å². The van der Waals surface area contributed by atoms with Crippen LogP contribution in [0.25, 0.3) is 0 Å². The van der Waals surface area contributed by atoms with Crippen LogP contribution < -0.4 is 11.1 Å². The van der Waals surface area contributed by atoms with Crippen molar-refractivity contribution in [2.75, 3.05) is 0 Å². The van der Waals surface area contributed by atoms with E-state index in [4.69, 9.17) is 14.7 Å². The minimum Gasteiger partial charge on any atom is -0.455 e. The van der Waals surface area contributed by atoms with Gasteiger partial charge in [-0.25, -0.2) is 0 Å². The van der Waals surface area contributed by atoms with Crippen molar-refractivity contribution in [3.8, 4) is 0 Å². The quantitative estimate of drug-likeness (QED) is 0.823. The smallest absolute Gasteiger partial charge is 0.287 e. The second kappa shape index (κ2) is 4.84. The summed E-state index contributed by atoms with van der Waals surface area (Å²) >= 11 is 0. The zero-order valence-corrected chi connectivity index (χ0v) is 9.40. The summed E-state index contributed by atoms with van der Waals surface area (Å²) in [7, 11) is 0. The fourth-order valence-corrected chi connectivity index (χ4v) is 1.37. The average Bonchev–Trinajstić information content (AvgIpc) is 2.94. The van der Waals surface area contributed by atoms with Gasteiger partial charge in [0.2, 0.25) is 0 Å². The lowest BCUT2D eigenvalue weighted by Crippen LogP contribution is -2.22. The van der Waals surface area contributed by atoms with Crippen molar-refractivity contribution in [1.29, 1.82) is 0 Å². The van der Waals surface area contributed by atoms with Crippen LogP contribution in [0.2, 0.25) is 0 Å². The minimum atomic E-state index is -0.301. The SMILES string of the molecule is Cc1cc(CNC(=O)c2ccc(CN)o2)no1. The van der Waals surface area contributed by atoms with Crippen molar-refractivity contribution < 1.29 is 13.7 Å². The highest BCUT2D eigenvalue weighted by Gasteiger charge is 2.11. The maximum Gasteiger partial charge on any atom is 0.287 e. The average molecular weight is 235 g/mol. The zero-order chi connectivity index (χ0) is 12.3. The summed E-state index contributed by atoms with van der Waals surface area (Å²) in [6.45, 7) is 2.36. The first-order valence-electron chi connectivity index (χ1n) is 5.18. The number of carbonyl (C=O) groups excluding carboxylic acids is 1. The van der Waals surface area contributed by atoms with E-state index in [1.54, 1.807) is 25.1 Å². The molecule has 90 valence electrons. The molecule has 0 aliphatic heterocycles. The van der Waals surface area contributed by atoms with Gasteiger partial charge in [0.15, 0.2) is 5.76 Å². The van der Waals surface area contributed by atoms with Crippen LogP contribution in [0.4, 0.5) is 0 Å². The van der Waals surface area contributed by atoms with Gasteiger partial charge in [0, 0.05) is 6.07 Å². The molecule has 0 aliphatic rings. The molecule has 17 heavy (non-hydrogen) atoms. The number of furan rings is 1. The number of nitrogens with one attached hydrogen (secondary N) is 1. The molecule has 0 aromatic carbocycles. The molecule has 0 fully saturated rings. The van der Waals surface area contributed by atoms with E-state index in [-0.39, 0.29) is 18.2 Å². The number of rotatable bonds is 4. The molecule has 6 nitrogen and oxygen atoms in total. The fourth-order valence-electron chi connectivity index (χ4n) is 1.37. The van der Waals surface area contributed by atoms with E-state index in [9.17, 15) is 4.79 Å². The summed E-state index contributed by atoms with van der Waals surface area (Å²) in [4.78, 5) is 11.6. The molecule has 2 rings (SSSR count). The monoisotopic (exact) mass is 235 g/mol. The van der Waals surface area contributed by atoms with E-state index in [1.807, 2.05) is 0 Å². The number of nitrogens with zero attached hydrogens (tertiary/aromatic N) is 1. The lowest BCUT2D eigenvalue weighted by Gasteiger charge is -1.99. The van der Waals surface area contributed by atoms with Gasteiger partial charge in [-0.1, -0.05) is 5.16 Å². The Bertz CT molecular complexity index is 516. The third-order valence-corrected chi connectivity index (χ3v) is 2.19. The van der Waals surface area contributed by atoms with Crippen LogP contribution >= 0.6 is 0 Å². The molecular formula is C11H13N3O3. The summed E-state index contributed by atoms with van der Waals surface area (Å²) in [6, 6.07) is 5.02. The highest BCUT2D eigenvalue weighted by atomic mass is 16.5. The van der Waals surface area contributed by atoms with Crippen molar-refractivity contribution in [1.82, 2.24) is 10.5 Å². The molecule has 0 atom stereocenters. The van der Waals surface area contributed by atoms with E-state index in [0.29, 0.717) is 23.8 Å². The van der Waals surface area contributed by atoms with Crippen molar-refractivity contribution in [2.45, 2.75) is 20.0 Å². The number of nitrogens with two attached hydrogens (primary N) is 1. The second-order valence-corrected chi connectivity index (χ2v) is 3.58. The summed E-state index contributed by atoms with van der Waals surface area (Å²) in [5.41, 5.74) is 6.05. The van der Waals surface area contributed by atoms with Crippen molar-refractivity contribution in [2.24, 2.45) is 5.73 Å². The third-order valence-electron chi connectivity index (χ3n) is 2.19. The Kier molecular flexibility index (Phi) is 3.24. The first-order valence-corrected chi connectivity index (χ1v) is 5.18. The Balaban J connectivity index is 1.93. The van der Waals surface area contributed by atoms with E-state index in [2.05, 4.69) is 10.5 Å². The predicted octanol–water partition coefficient (Wildman–Crippen LogP) is 0.965. The fraction of sp³-hybridized carbons (Fsp3) is 0.273. The summed E-state index contributed by atoms with van der Waals surface area (Å²) in [6.07, 6.45) is 0. The van der Waals surface area contributed by atoms with Gasteiger partial charge < -0.3 is 20.0 Å². The number of aromatic nitrogens is 1. The molecule has 0 saturated heterocycles. The topological polar surface area (TPSA) is 94.3 Å². The van der Waals surface area contributed by atoms with Gasteiger partial charge >= 0.3 is 0 Å². The molecule has 0 radical (unpaired) electrons. The largest absolute Gasteiger partial charge is 0.455 e. The summed E-state index contributed by atoms with van der Waals surface area (Å²) in [5.74, 6) is 1.22. The molecule has 1 amide bonds. The molecule has 2 aromatic rings. The maximum atomic E-state index is 11.6. The maximum absolute atomic E-state index is 11.6. The van der Waals surface area contributed by atoms with Gasteiger partial charge in [0.1, 0.15) is 17.2 Å². The number of amides is 1. The van der Waals surface area contributed by atoms with Crippen LogP contribution in [0.15, 0.2) is 27.1 Å². The number of aryl methyl sites for hydroxylation is 1. The molecule has 0 saturated carbocycles. The molecular weight excluding hydrogens is 222 g/mol. The van der Waals surface area contributed by atoms with Gasteiger partial charge in [-0.3, -0.25) is 4.79 Å². The van der Waals surface area contributed by atoms with Crippen LogP contribution in [-0.4, -0.2) is 11.1 Å². The molecule has 6 heteroatoms. The van der Waals surface area contributed by atoms with Crippen molar-refractivity contribution in [3.05, 3.63) is 41.2 Å². The Morgan fingerprint density at radius 1 is 1.53 bits per heavy atom. The van der Waals surface area contributed by atoms with Crippen molar-refractivity contribution in [3.63, 3.8) is 0 Å². The summed E-state index contributed by atoms with van der Waals surface area (Å²) in [5, 5.41) is 6.43. The lowest BCUT2D eigenvalue weighted by molar-refractivity contribution is 0.0920. The molecule has 0 bridgehead atoms. The molecule has 2 aromatic heterocycles. The van der Waals surface area contributed by atoms with Crippen LogP contribution in [0.5, 0.6) is 0 Å². The third kappa shape index (κ3) is 2.73. The molecule has 3 N–H and O–H groups in total. The first-order chi connectivity index (χ1) is 8.19. The Labute approximate surface area is 97.8 Å². The minimum absolute atomic E-state index is 0.241. The molecule has 2 heterocycles. The Morgan fingerprint density at radius 2 is 2.35 bits per heavy atom. The number of hydrogen-bond donors (Lipinski definition) is 2. The number of carbonyl (C=O) groups is 1. The predicted molar refractivity (Wildman–Crippen MR) is 59.0 cm³/mol. The Hall–Kier alpha value is -2.08. The highest BCUT2D eigenvalue weighted by Crippen LogP contribution is 2.07. The van der Waals surface area contributed by atoms with Crippen LogP contribution in [0, 0.1) is 6.92 Å². The van der Waals surface area contributed by atoms with E-state index in [0.717, 1.165) is 0 Å². The summed E-state index contributed by atoms with van der Waals surface area (Å²) < 4.78 is 10.1. The van der Waals surface area contributed by atoms with Gasteiger partial charge in [-0.2, -0.15) is 0 Å². The highest BCUT2D eigenvalue weighted by molar-refractivity contribution is 5.91. The van der Waals surface area contributed by atoms with Gasteiger partial charge in [0.05, 0.1) is 13.1 Å². The molecule has 0 aliphatic carbocycles. The van der Waals surface area contributed by atoms with Gasteiger partial charge in [-0.05, 0) is 19.1 Å². The standard InChI is InChI=1S/C11H13N3O3/c1-7-4-8(14-17-7)6-13-11(15)10-3-2-9(5-12)16-10/h2-4H,5-6,12H2,1H3,(H,13,15). The van der Waals surface area contributed by atoms with E-state index >= 15 is 0 Å². The lowest BCUT2D eigenvalue weighted by atomic mass is 10.3. The van der Waals surface area contributed by atoms with Gasteiger partial charge in [-0.15, -0.1) is 0 Å². The van der Waals surface area contributed by atoms with Crippen LogP contribution in [0.3, 0.4) is 0 Å². The van der Waals surface area contributed by atoms with E-state index < -0.39 is 0 Å².